The highest BCUT2D eigenvalue weighted by molar-refractivity contribution is 5.83. The first-order chi connectivity index (χ1) is 7.22. The lowest BCUT2D eigenvalue weighted by Gasteiger charge is -2.11. The predicted octanol–water partition coefficient (Wildman–Crippen LogP) is 2.66. The summed E-state index contributed by atoms with van der Waals surface area (Å²) in [5, 5.41) is 12.0. The van der Waals surface area contributed by atoms with Crippen molar-refractivity contribution in [2.45, 2.75) is 6.92 Å². The molecule has 0 fully saturated rings. The molecule has 15 heavy (non-hydrogen) atoms. The molecule has 1 aromatic rings. The fourth-order valence-electron chi connectivity index (χ4n) is 1.31. The van der Waals surface area contributed by atoms with Crippen molar-refractivity contribution in [3.05, 3.63) is 30.3 Å². The van der Waals surface area contributed by atoms with E-state index in [0.717, 1.165) is 23.5 Å². The highest BCUT2D eigenvalue weighted by atomic mass is 16.5. The number of benzene rings is 1. The fourth-order valence-corrected chi connectivity index (χ4v) is 1.31. The summed E-state index contributed by atoms with van der Waals surface area (Å²) in [6.45, 7) is 6.49. The maximum absolute atomic E-state index is 8.80. The van der Waals surface area contributed by atoms with Crippen LogP contribution in [0.25, 0.3) is 5.57 Å². The van der Waals surface area contributed by atoms with Crippen molar-refractivity contribution in [2.75, 3.05) is 19.0 Å². The van der Waals surface area contributed by atoms with Crippen LogP contribution in [0.2, 0.25) is 0 Å². The van der Waals surface area contributed by atoms with Crippen molar-refractivity contribution in [1.29, 1.82) is 5.26 Å². The molecule has 0 unspecified atom stereocenters. The van der Waals surface area contributed by atoms with Gasteiger partial charge in [0.05, 0.1) is 18.8 Å². The van der Waals surface area contributed by atoms with E-state index < -0.39 is 0 Å². The van der Waals surface area contributed by atoms with Crippen molar-refractivity contribution in [3.8, 4) is 11.8 Å². The van der Waals surface area contributed by atoms with Crippen molar-refractivity contribution >= 4 is 11.3 Å². The van der Waals surface area contributed by atoms with Gasteiger partial charge in [0.2, 0.25) is 0 Å². The number of nitriles is 1. The highest BCUT2D eigenvalue weighted by Gasteiger charge is 2.06. The van der Waals surface area contributed by atoms with Gasteiger partial charge in [-0.3, -0.25) is 0 Å². The molecule has 0 amide bonds. The standard InChI is InChI=1S/C12H14N2O/c1-4-14-12-7-10(15-3)5-6-11(12)9(2)8-13/h5-7,14H,2,4H2,1,3H3. The maximum Gasteiger partial charge on any atom is 0.120 e. The van der Waals surface area contributed by atoms with Crippen LogP contribution in [0, 0.1) is 11.3 Å². The molecule has 0 aliphatic carbocycles. The van der Waals surface area contributed by atoms with Crippen LogP contribution in [0.15, 0.2) is 24.8 Å². The maximum atomic E-state index is 8.80. The zero-order valence-electron chi connectivity index (χ0n) is 9.00. The Morgan fingerprint density at radius 2 is 2.33 bits per heavy atom. The molecule has 0 heterocycles. The Morgan fingerprint density at radius 3 is 2.87 bits per heavy atom. The van der Waals surface area contributed by atoms with E-state index in [1.54, 1.807) is 7.11 Å². The van der Waals surface area contributed by atoms with Crippen molar-refractivity contribution in [1.82, 2.24) is 0 Å². The first-order valence-corrected chi connectivity index (χ1v) is 4.74. The molecule has 0 aromatic heterocycles. The molecule has 0 bridgehead atoms. The summed E-state index contributed by atoms with van der Waals surface area (Å²) in [5.74, 6) is 0.764. The van der Waals surface area contributed by atoms with E-state index in [2.05, 4.69) is 11.9 Å². The molecule has 3 heteroatoms. The summed E-state index contributed by atoms with van der Waals surface area (Å²) >= 11 is 0. The minimum absolute atomic E-state index is 0.452. The van der Waals surface area contributed by atoms with E-state index in [-0.39, 0.29) is 0 Å². The number of anilines is 1. The zero-order valence-corrected chi connectivity index (χ0v) is 9.00. The van der Waals surface area contributed by atoms with Gasteiger partial charge in [0.15, 0.2) is 0 Å². The summed E-state index contributed by atoms with van der Waals surface area (Å²) in [6, 6.07) is 7.56. The zero-order chi connectivity index (χ0) is 11.3. The number of nitrogens with zero attached hydrogens (tertiary/aromatic N) is 1. The quantitative estimate of drug-likeness (QED) is 0.763. The van der Waals surface area contributed by atoms with Gasteiger partial charge in [-0.25, -0.2) is 0 Å². The Balaban J connectivity index is 3.15. The SMILES string of the molecule is C=C(C#N)c1ccc(OC)cc1NCC. The van der Waals surface area contributed by atoms with Crippen molar-refractivity contribution < 1.29 is 4.74 Å². The second kappa shape index (κ2) is 5.06. The average Bonchev–Trinajstić information content (AvgIpc) is 2.28. The van der Waals surface area contributed by atoms with Gasteiger partial charge in [-0.15, -0.1) is 0 Å². The van der Waals surface area contributed by atoms with E-state index in [4.69, 9.17) is 10.00 Å². The van der Waals surface area contributed by atoms with Gasteiger partial charge in [-0.1, -0.05) is 6.58 Å². The Kier molecular flexibility index (Phi) is 3.75. The van der Waals surface area contributed by atoms with Crippen LogP contribution >= 0.6 is 0 Å². The molecular formula is C12H14N2O. The second-order valence-electron chi connectivity index (χ2n) is 3.03. The molecule has 0 aliphatic heterocycles. The number of allylic oxidation sites excluding steroid dienone is 1. The van der Waals surface area contributed by atoms with Gasteiger partial charge in [-0.2, -0.15) is 5.26 Å². The smallest absolute Gasteiger partial charge is 0.120 e. The molecule has 1 aromatic carbocycles. The van der Waals surface area contributed by atoms with Crippen molar-refractivity contribution in [3.63, 3.8) is 0 Å². The van der Waals surface area contributed by atoms with E-state index in [9.17, 15) is 0 Å². The van der Waals surface area contributed by atoms with E-state index in [1.165, 1.54) is 0 Å². The molecule has 1 N–H and O–H groups in total. The van der Waals surface area contributed by atoms with Gasteiger partial charge in [0.25, 0.3) is 0 Å². The number of nitrogens with one attached hydrogen (secondary N) is 1. The summed E-state index contributed by atoms with van der Waals surface area (Å²) < 4.78 is 5.12. The van der Waals surface area contributed by atoms with Crippen LogP contribution < -0.4 is 10.1 Å². The molecule has 1 rings (SSSR count). The number of methoxy groups -OCH3 is 1. The van der Waals surface area contributed by atoms with Crippen molar-refractivity contribution in [2.24, 2.45) is 0 Å². The van der Waals surface area contributed by atoms with E-state index in [1.807, 2.05) is 31.2 Å². The summed E-state index contributed by atoms with van der Waals surface area (Å²) in [5.41, 5.74) is 2.15. The van der Waals surface area contributed by atoms with Gasteiger partial charge in [0.1, 0.15) is 5.75 Å². The van der Waals surface area contributed by atoms with Crippen LogP contribution in [0.3, 0.4) is 0 Å². The third kappa shape index (κ3) is 2.50. The Morgan fingerprint density at radius 1 is 1.60 bits per heavy atom. The van der Waals surface area contributed by atoms with E-state index >= 15 is 0 Å². The summed E-state index contributed by atoms with van der Waals surface area (Å²) in [4.78, 5) is 0. The molecule has 0 saturated heterocycles. The molecular weight excluding hydrogens is 188 g/mol. The minimum atomic E-state index is 0.452. The average molecular weight is 202 g/mol. The Labute approximate surface area is 90.0 Å². The molecule has 0 atom stereocenters. The lowest BCUT2D eigenvalue weighted by molar-refractivity contribution is 0.415. The Hall–Kier alpha value is -1.95. The largest absolute Gasteiger partial charge is 0.497 e. The first-order valence-electron chi connectivity index (χ1n) is 4.74. The molecule has 0 aliphatic rings. The first kappa shape index (κ1) is 11.1. The normalized spacial score (nSPS) is 9.13. The summed E-state index contributed by atoms with van der Waals surface area (Å²) in [6.07, 6.45) is 0. The summed E-state index contributed by atoms with van der Waals surface area (Å²) in [7, 11) is 1.61. The number of ether oxygens (including phenoxy) is 1. The minimum Gasteiger partial charge on any atom is -0.497 e. The molecule has 0 saturated carbocycles. The number of rotatable bonds is 4. The van der Waals surface area contributed by atoms with Gasteiger partial charge in [0, 0.05) is 23.9 Å². The molecule has 3 nitrogen and oxygen atoms in total. The molecule has 0 radical (unpaired) electrons. The third-order valence-electron chi connectivity index (χ3n) is 2.05. The lowest BCUT2D eigenvalue weighted by atomic mass is 10.1. The molecule has 0 spiro atoms. The van der Waals surface area contributed by atoms with Gasteiger partial charge < -0.3 is 10.1 Å². The lowest BCUT2D eigenvalue weighted by Crippen LogP contribution is -2.00. The fraction of sp³-hybridized carbons (Fsp3) is 0.250. The highest BCUT2D eigenvalue weighted by Crippen LogP contribution is 2.26. The molecule has 78 valence electrons. The van der Waals surface area contributed by atoms with Gasteiger partial charge in [-0.05, 0) is 19.1 Å². The topological polar surface area (TPSA) is 45.0 Å². The van der Waals surface area contributed by atoms with E-state index in [0.29, 0.717) is 5.57 Å². The number of hydrogen-bond acceptors (Lipinski definition) is 3. The number of hydrogen-bond donors (Lipinski definition) is 1. The monoisotopic (exact) mass is 202 g/mol. The van der Waals surface area contributed by atoms with Crippen LogP contribution in [-0.2, 0) is 0 Å². The van der Waals surface area contributed by atoms with Crippen LogP contribution in [0.4, 0.5) is 5.69 Å². The van der Waals surface area contributed by atoms with Crippen LogP contribution in [-0.4, -0.2) is 13.7 Å². The third-order valence-corrected chi connectivity index (χ3v) is 2.05. The van der Waals surface area contributed by atoms with Gasteiger partial charge >= 0.3 is 0 Å². The predicted molar refractivity (Wildman–Crippen MR) is 61.8 cm³/mol. The van der Waals surface area contributed by atoms with Crippen LogP contribution in [0.5, 0.6) is 5.75 Å². The second-order valence-corrected chi connectivity index (χ2v) is 3.03. The Bertz CT molecular complexity index is 405. The van der Waals surface area contributed by atoms with Crippen LogP contribution in [0.1, 0.15) is 12.5 Å².